The van der Waals surface area contributed by atoms with E-state index in [2.05, 4.69) is 0 Å². The van der Waals surface area contributed by atoms with E-state index in [1.54, 1.807) is 6.07 Å². The van der Waals surface area contributed by atoms with Gasteiger partial charge in [0, 0.05) is 0 Å². The molecule has 0 atom stereocenters. The molecule has 1 nitrogen and oxygen atoms in total. The number of phenolic OH excluding ortho intramolecular Hbond substituents is 1. The monoisotopic (exact) mass is 250 g/mol. The van der Waals surface area contributed by atoms with Crippen LogP contribution in [0.15, 0.2) is 23.1 Å². The number of thioether (sulfide) groups is 1. The smallest absolute Gasteiger partial charge is 0.446 e. The van der Waals surface area contributed by atoms with Crippen molar-refractivity contribution in [3.8, 4) is 5.75 Å². The summed E-state index contributed by atoms with van der Waals surface area (Å²) in [6.07, 6.45) is 0. The molecule has 1 aromatic rings. The number of halogens is 3. The number of alkyl halides is 3. The van der Waals surface area contributed by atoms with Crippen molar-refractivity contribution in [1.29, 1.82) is 0 Å². The number of hydrogen-bond donors (Lipinski definition) is 1. The minimum atomic E-state index is -4.38. The third-order valence-electron chi connectivity index (χ3n) is 2.05. The van der Waals surface area contributed by atoms with E-state index in [-0.39, 0.29) is 27.8 Å². The van der Waals surface area contributed by atoms with Crippen molar-refractivity contribution in [2.45, 2.75) is 36.6 Å². The Bertz CT molecular complexity index is 380. The van der Waals surface area contributed by atoms with Gasteiger partial charge in [-0.25, -0.2) is 0 Å². The molecule has 0 radical (unpaired) electrons. The number of hydrogen-bond acceptors (Lipinski definition) is 2. The molecule has 5 heteroatoms. The van der Waals surface area contributed by atoms with Crippen molar-refractivity contribution in [1.82, 2.24) is 0 Å². The number of benzene rings is 1. The summed E-state index contributed by atoms with van der Waals surface area (Å²) < 4.78 is 36.6. The summed E-state index contributed by atoms with van der Waals surface area (Å²) in [5.41, 5.74) is -3.86. The Kier molecular flexibility index (Phi) is 3.47. The molecule has 0 aliphatic carbocycles. The maximum Gasteiger partial charge on any atom is 0.446 e. The highest BCUT2D eigenvalue weighted by Gasteiger charge is 2.31. The molecule has 0 spiro atoms. The van der Waals surface area contributed by atoms with E-state index in [0.29, 0.717) is 0 Å². The quantitative estimate of drug-likeness (QED) is 0.750. The first-order valence-corrected chi connectivity index (χ1v) is 5.50. The first kappa shape index (κ1) is 13.2. The number of aromatic hydroxyl groups is 1. The fraction of sp³-hybridized carbons (Fsp3) is 0.455. The fourth-order valence-electron chi connectivity index (χ4n) is 1.19. The van der Waals surface area contributed by atoms with Crippen LogP contribution in [0.5, 0.6) is 5.75 Å². The van der Waals surface area contributed by atoms with Crippen LogP contribution in [0.4, 0.5) is 13.2 Å². The zero-order valence-corrected chi connectivity index (χ0v) is 10.0. The van der Waals surface area contributed by atoms with Crippen LogP contribution in [0.2, 0.25) is 0 Å². The van der Waals surface area contributed by atoms with E-state index in [9.17, 15) is 18.3 Å². The van der Waals surface area contributed by atoms with Gasteiger partial charge in [-0.1, -0.05) is 26.8 Å². The van der Waals surface area contributed by atoms with Gasteiger partial charge >= 0.3 is 5.51 Å². The number of rotatable bonds is 1. The minimum Gasteiger partial charge on any atom is -0.507 e. The average molecular weight is 250 g/mol. The highest BCUT2D eigenvalue weighted by atomic mass is 32.2. The molecule has 0 saturated heterocycles. The molecule has 0 aromatic heterocycles. The predicted octanol–water partition coefficient (Wildman–Crippen LogP) is 4.30. The van der Waals surface area contributed by atoms with Crippen molar-refractivity contribution in [3.63, 3.8) is 0 Å². The molecular formula is C11H13F3OS. The summed E-state index contributed by atoms with van der Waals surface area (Å²) in [6, 6.07) is 4.32. The second-order valence-corrected chi connectivity index (χ2v) is 5.59. The van der Waals surface area contributed by atoms with Gasteiger partial charge in [0.25, 0.3) is 0 Å². The Labute approximate surface area is 96.7 Å². The van der Waals surface area contributed by atoms with E-state index in [1.165, 1.54) is 12.1 Å². The van der Waals surface area contributed by atoms with Crippen molar-refractivity contribution >= 4 is 11.8 Å². The van der Waals surface area contributed by atoms with Gasteiger partial charge in [-0.3, -0.25) is 0 Å². The Morgan fingerprint density at radius 1 is 1.12 bits per heavy atom. The third-order valence-corrected chi connectivity index (χ3v) is 2.83. The molecule has 0 amide bonds. The van der Waals surface area contributed by atoms with Gasteiger partial charge in [-0.2, -0.15) is 13.2 Å². The molecular weight excluding hydrogens is 237 g/mol. The second-order valence-electron chi connectivity index (χ2n) is 4.48. The van der Waals surface area contributed by atoms with Crippen LogP contribution in [-0.4, -0.2) is 10.6 Å². The topological polar surface area (TPSA) is 20.2 Å². The average Bonchev–Trinajstić information content (AvgIpc) is 2.04. The largest absolute Gasteiger partial charge is 0.507 e. The molecule has 1 N–H and O–H groups in total. The van der Waals surface area contributed by atoms with Crippen LogP contribution in [0, 0.1) is 0 Å². The second kappa shape index (κ2) is 4.20. The summed E-state index contributed by atoms with van der Waals surface area (Å²) in [7, 11) is 0. The van der Waals surface area contributed by atoms with E-state index in [0.717, 1.165) is 5.56 Å². The molecule has 90 valence electrons. The first-order chi connectivity index (χ1) is 7.09. The zero-order valence-electron chi connectivity index (χ0n) is 9.22. The standard InChI is InChI=1S/C11H13F3OS/c1-10(2,3)7-4-5-8(15)9(6-7)16-11(12,13)14/h4-6,15H,1-3H3. The molecule has 0 heterocycles. The highest BCUT2D eigenvalue weighted by Crippen LogP contribution is 2.42. The summed E-state index contributed by atoms with van der Waals surface area (Å²) in [5.74, 6) is -0.338. The fourth-order valence-corrected chi connectivity index (χ4v) is 1.79. The van der Waals surface area contributed by atoms with Gasteiger partial charge in [0.05, 0.1) is 4.90 Å². The van der Waals surface area contributed by atoms with Gasteiger partial charge in [0.15, 0.2) is 0 Å². The van der Waals surface area contributed by atoms with E-state index in [1.807, 2.05) is 20.8 Å². The third kappa shape index (κ3) is 3.63. The van der Waals surface area contributed by atoms with Crippen LogP contribution in [0.25, 0.3) is 0 Å². The van der Waals surface area contributed by atoms with Crippen LogP contribution in [0.3, 0.4) is 0 Å². The first-order valence-electron chi connectivity index (χ1n) is 4.69. The van der Waals surface area contributed by atoms with E-state index < -0.39 is 5.51 Å². The summed E-state index contributed by atoms with van der Waals surface area (Å²) in [4.78, 5) is -0.153. The molecule has 1 aromatic carbocycles. The van der Waals surface area contributed by atoms with E-state index in [4.69, 9.17) is 0 Å². The minimum absolute atomic E-state index is 0.153. The maximum atomic E-state index is 12.2. The zero-order chi connectivity index (χ0) is 12.6. The predicted molar refractivity (Wildman–Crippen MR) is 58.7 cm³/mol. The Morgan fingerprint density at radius 2 is 1.69 bits per heavy atom. The van der Waals surface area contributed by atoms with Gasteiger partial charge in [0.1, 0.15) is 5.75 Å². The lowest BCUT2D eigenvalue weighted by Gasteiger charge is -2.20. The number of phenols is 1. The van der Waals surface area contributed by atoms with Crippen molar-refractivity contribution in [3.05, 3.63) is 23.8 Å². The van der Waals surface area contributed by atoms with Crippen LogP contribution < -0.4 is 0 Å². The molecule has 0 aliphatic rings. The van der Waals surface area contributed by atoms with Gasteiger partial charge < -0.3 is 5.11 Å². The van der Waals surface area contributed by atoms with Crippen LogP contribution >= 0.6 is 11.8 Å². The van der Waals surface area contributed by atoms with Crippen molar-refractivity contribution < 1.29 is 18.3 Å². The molecule has 0 unspecified atom stereocenters. The van der Waals surface area contributed by atoms with Crippen LogP contribution in [0.1, 0.15) is 26.3 Å². The van der Waals surface area contributed by atoms with Gasteiger partial charge in [-0.15, -0.1) is 0 Å². The maximum absolute atomic E-state index is 12.2. The van der Waals surface area contributed by atoms with Gasteiger partial charge in [-0.05, 0) is 34.9 Å². The lowest BCUT2D eigenvalue weighted by molar-refractivity contribution is -0.0329. The van der Waals surface area contributed by atoms with Crippen molar-refractivity contribution in [2.75, 3.05) is 0 Å². The van der Waals surface area contributed by atoms with Crippen LogP contribution in [-0.2, 0) is 5.41 Å². The lowest BCUT2D eigenvalue weighted by atomic mass is 9.87. The molecule has 16 heavy (non-hydrogen) atoms. The summed E-state index contributed by atoms with van der Waals surface area (Å²) in [5, 5.41) is 9.34. The summed E-state index contributed by atoms with van der Waals surface area (Å²) >= 11 is -0.292. The molecule has 0 saturated carbocycles. The Morgan fingerprint density at radius 3 is 2.12 bits per heavy atom. The molecule has 0 aliphatic heterocycles. The Balaban J connectivity index is 3.10. The van der Waals surface area contributed by atoms with Gasteiger partial charge in [0.2, 0.25) is 0 Å². The molecule has 1 rings (SSSR count). The SMILES string of the molecule is CC(C)(C)c1ccc(O)c(SC(F)(F)F)c1. The van der Waals surface area contributed by atoms with E-state index >= 15 is 0 Å². The lowest BCUT2D eigenvalue weighted by Crippen LogP contribution is -2.11. The Hall–Kier alpha value is -0.840. The molecule has 0 fully saturated rings. The highest BCUT2D eigenvalue weighted by molar-refractivity contribution is 8.00. The van der Waals surface area contributed by atoms with Crippen molar-refractivity contribution in [2.24, 2.45) is 0 Å². The summed E-state index contributed by atoms with van der Waals surface area (Å²) in [6.45, 7) is 5.71. The normalized spacial score (nSPS) is 12.9. The molecule has 0 bridgehead atoms.